The number of nitrogens with zero attached hydrogens (tertiary/aromatic N) is 3. The molecule has 1 amide bonds. The summed E-state index contributed by atoms with van der Waals surface area (Å²) in [6.45, 7) is 5.50. The summed E-state index contributed by atoms with van der Waals surface area (Å²) < 4.78 is 18.1. The summed E-state index contributed by atoms with van der Waals surface area (Å²) in [4.78, 5) is 18.3. The molecule has 0 aliphatic heterocycles. The first-order valence-corrected chi connectivity index (χ1v) is 11.6. The van der Waals surface area contributed by atoms with Crippen LogP contribution in [-0.4, -0.2) is 48.1 Å². The van der Waals surface area contributed by atoms with E-state index in [1.807, 2.05) is 68.4 Å². The lowest BCUT2D eigenvalue weighted by Gasteiger charge is -2.18. The van der Waals surface area contributed by atoms with Gasteiger partial charge in [-0.2, -0.15) is 5.10 Å². The van der Waals surface area contributed by atoms with Gasteiger partial charge >= 0.3 is 0 Å². The number of pyridine rings is 1. The molecule has 1 unspecified atom stereocenters. The summed E-state index contributed by atoms with van der Waals surface area (Å²) in [5.41, 5.74) is 3.78. The third kappa shape index (κ3) is 5.27. The lowest BCUT2D eigenvalue weighted by atomic mass is 10.0. The predicted octanol–water partition coefficient (Wildman–Crippen LogP) is 4.64. The molecule has 4 rings (SSSR count). The summed E-state index contributed by atoms with van der Waals surface area (Å²) in [7, 11) is 3.22. The van der Waals surface area contributed by atoms with Crippen molar-refractivity contribution >= 4 is 16.9 Å². The van der Waals surface area contributed by atoms with Crippen LogP contribution in [0.3, 0.4) is 0 Å². The highest BCUT2D eigenvalue weighted by Crippen LogP contribution is 2.31. The van der Waals surface area contributed by atoms with Gasteiger partial charge in [0, 0.05) is 19.2 Å². The molecule has 182 valence electrons. The molecule has 0 spiro atoms. The number of ether oxygens (including phenoxy) is 3. The molecule has 2 heterocycles. The van der Waals surface area contributed by atoms with Crippen LogP contribution >= 0.6 is 0 Å². The van der Waals surface area contributed by atoms with Crippen LogP contribution in [0.4, 0.5) is 0 Å². The lowest BCUT2D eigenvalue weighted by Crippen LogP contribution is -2.27. The fourth-order valence-electron chi connectivity index (χ4n) is 3.89. The number of rotatable bonds is 10. The number of benzene rings is 2. The summed E-state index contributed by atoms with van der Waals surface area (Å²) in [5.74, 6) is 1.03. The maximum absolute atomic E-state index is 13.5. The molecule has 8 heteroatoms. The summed E-state index contributed by atoms with van der Waals surface area (Å²) >= 11 is 0. The maximum Gasteiger partial charge on any atom is 0.252 e. The second-order valence-corrected chi connectivity index (χ2v) is 8.07. The molecule has 0 saturated heterocycles. The molecule has 2 aromatic carbocycles. The van der Waals surface area contributed by atoms with Crippen molar-refractivity contribution in [2.75, 3.05) is 27.4 Å². The second kappa shape index (κ2) is 11.0. The Hall–Kier alpha value is -3.91. The fourth-order valence-corrected chi connectivity index (χ4v) is 3.89. The molecule has 35 heavy (non-hydrogen) atoms. The smallest absolute Gasteiger partial charge is 0.252 e. The zero-order valence-electron chi connectivity index (χ0n) is 20.4. The minimum atomic E-state index is -0.269. The van der Waals surface area contributed by atoms with Gasteiger partial charge < -0.3 is 19.5 Å². The number of fused-ring (bicyclic) bond motifs is 1. The SMILES string of the molecule is CCn1ncc2c(C(=O)NC(C)c3ccc(OCCOC)c(OC)c3)cc(-c3ccccc3)nc21. The molecular formula is C27H30N4O4. The van der Waals surface area contributed by atoms with Gasteiger partial charge in [0.05, 0.1) is 42.6 Å². The largest absolute Gasteiger partial charge is 0.493 e. The molecule has 2 aromatic heterocycles. The molecular weight excluding hydrogens is 444 g/mol. The topological polar surface area (TPSA) is 87.5 Å². The van der Waals surface area contributed by atoms with E-state index in [9.17, 15) is 4.79 Å². The van der Waals surface area contributed by atoms with E-state index in [0.717, 1.165) is 22.2 Å². The van der Waals surface area contributed by atoms with Crippen LogP contribution in [0.15, 0.2) is 60.8 Å². The molecule has 0 bridgehead atoms. The van der Waals surface area contributed by atoms with E-state index in [4.69, 9.17) is 19.2 Å². The third-order valence-electron chi connectivity index (χ3n) is 5.80. The van der Waals surface area contributed by atoms with Gasteiger partial charge in [0.25, 0.3) is 5.91 Å². The van der Waals surface area contributed by atoms with E-state index < -0.39 is 0 Å². The molecule has 8 nitrogen and oxygen atoms in total. The number of hydrogen-bond acceptors (Lipinski definition) is 6. The van der Waals surface area contributed by atoms with E-state index >= 15 is 0 Å². The molecule has 1 N–H and O–H groups in total. The van der Waals surface area contributed by atoms with Crippen molar-refractivity contribution < 1.29 is 19.0 Å². The molecule has 0 saturated carbocycles. The van der Waals surface area contributed by atoms with Crippen molar-refractivity contribution in [3.63, 3.8) is 0 Å². The summed E-state index contributed by atoms with van der Waals surface area (Å²) in [5, 5.41) is 8.26. The quantitative estimate of drug-likeness (QED) is 0.337. The predicted molar refractivity (Wildman–Crippen MR) is 135 cm³/mol. The normalized spacial score (nSPS) is 11.9. The van der Waals surface area contributed by atoms with Crippen LogP contribution in [0.1, 0.15) is 35.8 Å². The number of methoxy groups -OCH3 is 2. The minimum absolute atomic E-state index is 0.197. The van der Waals surface area contributed by atoms with Crippen LogP contribution in [0.25, 0.3) is 22.3 Å². The Morgan fingerprint density at radius 2 is 1.86 bits per heavy atom. The van der Waals surface area contributed by atoms with Gasteiger partial charge in [0.2, 0.25) is 0 Å². The summed E-state index contributed by atoms with van der Waals surface area (Å²) in [6, 6.07) is 17.0. The van der Waals surface area contributed by atoms with E-state index in [-0.39, 0.29) is 11.9 Å². The first-order chi connectivity index (χ1) is 17.0. The van der Waals surface area contributed by atoms with Gasteiger partial charge in [-0.3, -0.25) is 4.79 Å². The fraction of sp³-hybridized carbons (Fsp3) is 0.296. The Bertz CT molecular complexity index is 1300. The maximum atomic E-state index is 13.5. The van der Waals surface area contributed by atoms with Crippen LogP contribution in [0, 0.1) is 0 Å². The Labute approximate surface area is 204 Å². The molecule has 0 radical (unpaired) electrons. The zero-order valence-corrected chi connectivity index (χ0v) is 20.4. The van der Waals surface area contributed by atoms with Crippen LogP contribution < -0.4 is 14.8 Å². The van der Waals surface area contributed by atoms with Gasteiger partial charge in [-0.1, -0.05) is 36.4 Å². The highest BCUT2D eigenvalue weighted by Gasteiger charge is 2.20. The van der Waals surface area contributed by atoms with Gasteiger partial charge in [-0.05, 0) is 37.6 Å². The Kier molecular flexibility index (Phi) is 7.62. The first kappa shape index (κ1) is 24.2. The lowest BCUT2D eigenvalue weighted by molar-refractivity contribution is 0.0941. The molecule has 0 aliphatic rings. The van der Waals surface area contributed by atoms with E-state index in [0.29, 0.717) is 42.5 Å². The highest BCUT2D eigenvalue weighted by atomic mass is 16.5. The minimum Gasteiger partial charge on any atom is -0.493 e. The first-order valence-electron chi connectivity index (χ1n) is 11.6. The third-order valence-corrected chi connectivity index (χ3v) is 5.80. The monoisotopic (exact) mass is 474 g/mol. The zero-order chi connectivity index (χ0) is 24.8. The number of aromatic nitrogens is 3. The summed E-state index contributed by atoms with van der Waals surface area (Å²) in [6.07, 6.45) is 1.70. The van der Waals surface area contributed by atoms with E-state index in [2.05, 4.69) is 10.4 Å². The van der Waals surface area contributed by atoms with Crippen molar-refractivity contribution in [1.29, 1.82) is 0 Å². The van der Waals surface area contributed by atoms with Crippen molar-refractivity contribution in [1.82, 2.24) is 20.1 Å². The van der Waals surface area contributed by atoms with Crippen molar-refractivity contribution in [3.05, 3.63) is 71.9 Å². The van der Waals surface area contributed by atoms with Gasteiger partial charge in [0.15, 0.2) is 17.1 Å². The number of carbonyl (C=O) groups excluding carboxylic acids is 1. The van der Waals surface area contributed by atoms with Crippen LogP contribution in [0.2, 0.25) is 0 Å². The Balaban J connectivity index is 1.62. The second-order valence-electron chi connectivity index (χ2n) is 8.07. The van der Waals surface area contributed by atoms with Crippen LogP contribution in [-0.2, 0) is 11.3 Å². The number of amides is 1. The standard InChI is InChI=1S/C27H30N4O4/c1-5-31-26-22(17-28-31)21(16-23(30-26)19-9-7-6-8-10-19)27(32)29-18(2)20-11-12-24(25(15-20)34-4)35-14-13-33-3/h6-12,15-18H,5,13-14H2,1-4H3,(H,29,32). The van der Waals surface area contributed by atoms with E-state index in [1.54, 1.807) is 25.1 Å². The Morgan fingerprint density at radius 3 is 2.57 bits per heavy atom. The average Bonchev–Trinajstić information content (AvgIpc) is 3.32. The van der Waals surface area contributed by atoms with Gasteiger partial charge in [-0.25, -0.2) is 9.67 Å². The Morgan fingerprint density at radius 1 is 1.06 bits per heavy atom. The molecule has 4 aromatic rings. The average molecular weight is 475 g/mol. The van der Waals surface area contributed by atoms with Gasteiger partial charge in [-0.15, -0.1) is 0 Å². The van der Waals surface area contributed by atoms with Crippen molar-refractivity contribution in [2.24, 2.45) is 0 Å². The van der Waals surface area contributed by atoms with Gasteiger partial charge in [0.1, 0.15) is 6.61 Å². The number of hydrogen-bond donors (Lipinski definition) is 1. The number of aryl methyl sites for hydroxylation is 1. The van der Waals surface area contributed by atoms with E-state index in [1.165, 1.54) is 0 Å². The number of nitrogens with one attached hydrogen (secondary N) is 1. The molecule has 0 fully saturated rings. The molecule has 0 aliphatic carbocycles. The van der Waals surface area contributed by atoms with Crippen LogP contribution in [0.5, 0.6) is 11.5 Å². The number of carbonyl (C=O) groups is 1. The van der Waals surface area contributed by atoms with Crippen molar-refractivity contribution in [3.8, 4) is 22.8 Å². The molecule has 1 atom stereocenters. The highest BCUT2D eigenvalue weighted by molar-refractivity contribution is 6.06. The van der Waals surface area contributed by atoms with Crippen molar-refractivity contribution in [2.45, 2.75) is 26.4 Å².